The van der Waals surface area contributed by atoms with Gasteiger partial charge in [0.1, 0.15) is 10.6 Å². The quantitative estimate of drug-likeness (QED) is 0.889. The third kappa shape index (κ3) is 2.33. The highest BCUT2D eigenvalue weighted by molar-refractivity contribution is 7.18. The minimum Gasteiger partial charge on any atom is -0.393 e. The van der Waals surface area contributed by atoms with Gasteiger partial charge >= 0.3 is 0 Å². The lowest BCUT2D eigenvalue weighted by molar-refractivity contribution is 0.0970. The fourth-order valence-electron chi connectivity index (χ4n) is 2.71. The molecule has 0 radical (unpaired) electrons. The van der Waals surface area contributed by atoms with Crippen LogP contribution >= 0.6 is 11.3 Å². The number of anilines is 2. The fraction of sp³-hybridized carbons (Fsp3) is 0.571. The van der Waals surface area contributed by atoms with Crippen molar-refractivity contribution in [2.75, 3.05) is 30.4 Å². The van der Waals surface area contributed by atoms with Gasteiger partial charge < -0.3 is 15.3 Å². The molecule has 2 N–H and O–H groups in total. The average Bonchev–Trinajstić information content (AvgIpc) is 2.80. The normalized spacial score (nSPS) is 23.3. The summed E-state index contributed by atoms with van der Waals surface area (Å²) in [5.74, 6) is 1.92. The van der Waals surface area contributed by atoms with Crippen molar-refractivity contribution in [2.45, 2.75) is 26.4 Å². The summed E-state index contributed by atoms with van der Waals surface area (Å²) in [6.07, 6.45) is 0.599. The third-order valence-electron chi connectivity index (χ3n) is 3.88. The molecular formula is C14H20N4OS. The number of fused-ring (bicyclic) bond motifs is 1. The minimum absolute atomic E-state index is 0.198. The number of hydrogen-bond acceptors (Lipinski definition) is 6. The lowest BCUT2D eigenvalue weighted by atomic mass is 9.97. The summed E-state index contributed by atoms with van der Waals surface area (Å²) in [5.41, 5.74) is 0. The summed E-state index contributed by atoms with van der Waals surface area (Å²) >= 11 is 1.69. The zero-order chi connectivity index (χ0) is 14.3. The number of aliphatic hydroxyl groups excluding tert-OH is 1. The molecule has 1 aliphatic heterocycles. The van der Waals surface area contributed by atoms with E-state index in [2.05, 4.69) is 40.1 Å². The van der Waals surface area contributed by atoms with Crippen molar-refractivity contribution >= 4 is 33.3 Å². The van der Waals surface area contributed by atoms with Crippen molar-refractivity contribution in [3.63, 3.8) is 0 Å². The maximum absolute atomic E-state index is 9.89. The zero-order valence-electron chi connectivity index (χ0n) is 12.1. The summed E-state index contributed by atoms with van der Waals surface area (Å²) in [6.45, 7) is 5.87. The van der Waals surface area contributed by atoms with E-state index in [-0.39, 0.29) is 12.0 Å². The first-order chi connectivity index (χ1) is 9.58. The van der Waals surface area contributed by atoms with Crippen molar-refractivity contribution in [3.8, 4) is 0 Å². The van der Waals surface area contributed by atoms with Crippen molar-refractivity contribution in [2.24, 2.45) is 5.92 Å². The fourth-order valence-corrected chi connectivity index (χ4v) is 3.58. The molecule has 0 aromatic carbocycles. The van der Waals surface area contributed by atoms with E-state index in [1.807, 2.05) is 7.05 Å². The lowest BCUT2D eigenvalue weighted by Gasteiger charge is -2.35. The SMILES string of the molecule is CNc1nc(N2CCC(O)C(C)C2)c2cc(C)sc2n1. The second-order valence-corrected chi connectivity index (χ2v) is 6.71. The molecule has 3 heterocycles. The molecule has 3 rings (SSSR count). The topological polar surface area (TPSA) is 61.3 Å². The number of rotatable bonds is 2. The van der Waals surface area contributed by atoms with Gasteiger partial charge in [0.05, 0.1) is 11.5 Å². The molecule has 5 nitrogen and oxygen atoms in total. The summed E-state index contributed by atoms with van der Waals surface area (Å²) in [7, 11) is 1.84. The summed E-state index contributed by atoms with van der Waals surface area (Å²) in [5, 5.41) is 14.0. The molecule has 2 unspecified atom stereocenters. The Labute approximate surface area is 122 Å². The molecule has 2 atom stereocenters. The van der Waals surface area contributed by atoms with Gasteiger partial charge in [0.25, 0.3) is 0 Å². The monoisotopic (exact) mass is 292 g/mol. The molecule has 1 saturated heterocycles. The van der Waals surface area contributed by atoms with Crippen LogP contribution in [-0.2, 0) is 0 Å². The number of aromatic nitrogens is 2. The van der Waals surface area contributed by atoms with Gasteiger partial charge in [-0.1, -0.05) is 6.92 Å². The van der Waals surface area contributed by atoms with E-state index < -0.39 is 0 Å². The maximum atomic E-state index is 9.89. The maximum Gasteiger partial charge on any atom is 0.225 e. The number of nitrogens with zero attached hydrogens (tertiary/aromatic N) is 3. The Morgan fingerprint density at radius 2 is 2.25 bits per heavy atom. The van der Waals surface area contributed by atoms with Crippen LogP contribution in [0.5, 0.6) is 0 Å². The van der Waals surface area contributed by atoms with Crippen LogP contribution in [0, 0.1) is 12.8 Å². The smallest absolute Gasteiger partial charge is 0.225 e. The Kier molecular flexibility index (Phi) is 3.52. The predicted molar refractivity (Wildman–Crippen MR) is 83.7 cm³/mol. The van der Waals surface area contributed by atoms with Gasteiger partial charge in [-0.15, -0.1) is 11.3 Å². The molecule has 6 heteroatoms. The molecule has 20 heavy (non-hydrogen) atoms. The molecule has 2 aromatic heterocycles. The Balaban J connectivity index is 2.05. The van der Waals surface area contributed by atoms with Crippen LogP contribution in [0.1, 0.15) is 18.2 Å². The third-order valence-corrected chi connectivity index (χ3v) is 4.82. The van der Waals surface area contributed by atoms with Gasteiger partial charge in [0, 0.05) is 25.0 Å². The van der Waals surface area contributed by atoms with Gasteiger partial charge in [0.2, 0.25) is 5.95 Å². The van der Waals surface area contributed by atoms with Gasteiger partial charge in [0.15, 0.2) is 0 Å². The van der Waals surface area contributed by atoms with Crippen molar-refractivity contribution < 1.29 is 5.11 Å². The van der Waals surface area contributed by atoms with Crippen LogP contribution in [0.25, 0.3) is 10.2 Å². The van der Waals surface area contributed by atoms with Crippen molar-refractivity contribution in [1.29, 1.82) is 0 Å². The van der Waals surface area contributed by atoms with E-state index in [4.69, 9.17) is 0 Å². The number of aryl methyl sites for hydroxylation is 1. The molecule has 0 amide bonds. The molecule has 1 fully saturated rings. The first kappa shape index (κ1) is 13.6. The highest BCUT2D eigenvalue weighted by Crippen LogP contribution is 2.33. The molecule has 0 saturated carbocycles. The first-order valence-electron chi connectivity index (χ1n) is 6.97. The molecule has 108 valence electrons. The molecule has 2 aromatic rings. The first-order valence-corrected chi connectivity index (χ1v) is 7.79. The average molecular weight is 292 g/mol. The van der Waals surface area contributed by atoms with Crippen LogP contribution in [0.3, 0.4) is 0 Å². The standard InChI is InChI=1S/C14H20N4OS/c1-8-7-18(5-4-11(8)19)12-10-6-9(2)20-13(10)17-14(15-3)16-12/h6,8,11,19H,4-5,7H2,1-3H3,(H,15,16,17). The van der Waals surface area contributed by atoms with Crippen molar-refractivity contribution in [1.82, 2.24) is 9.97 Å². The largest absolute Gasteiger partial charge is 0.393 e. The van der Waals surface area contributed by atoms with Crippen LogP contribution < -0.4 is 10.2 Å². The van der Waals surface area contributed by atoms with Gasteiger partial charge in [-0.25, -0.2) is 4.98 Å². The second-order valence-electron chi connectivity index (χ2n) is 5.48. The Morgan fingerprint density at radius 3 is 2.95 bits per heavy atom. The van der Waals surface area contributed by atoms with Crippen LogP contribution in [-0.4, -0.2) is 41.3 Å². The van der Waals surface area contributed by atoms with E-state index in [0.717, 1.165) is 35.5 Å². The molecule has 0 aliphatic carbocycles. The van der Waals surface area contributed by atoms with E-state index >= 15 is 0 Å². The summed E-state index contributed by atoms with van der Waals surface area (Å²) < 4.78 is 0. The molecule has 0 spiro atoms. The number of aliphatic hydroxyl groups is 1. The van der Waals surface area contributed by atoms with Gasteiger partial charge in [-0.2, -0.15) is 4.98 Å². The second kappa shape index (κ2) is 5.18. The van der Waals surface area contributed by atoms with Crippen molar-refractivity contribution in [3.05, 3.63) is 10.9 Å². The van der Waals surface area contributed by atoms with Crippen LogP contribution in [0.2, 0.25) is 0 Å². The van der Waals surface area contributed by atoms with E-state index in [0.29, 0.717) is 5.95 Å². The van der Waals surface area contributed by atoms with E-state index in [9.17, 15) is 5.11 Å². The number of hydrogen-bond donors (Lipinski definition) is 2. The molecule has 0 bridgehead atoms. The number of nitrogens with one attached hydrogen (secondary N) is 1. The van der Waals surface area contributed by atoms with E-state index in [1.54, 1.807) is 11.3 Å². The number of piperidine rings is 1. The predicted octanol–water partition coefficient (Wildman–Crippen LogP) is 2.25. The Bertz CT molecular complexity index is 627. The summed E-state index contributed by atoms with van der Waals surface area (Å²) in [4.78, 5) is 13.7. The van der Waals surface area contributed by atoms with Crippen LogP contribution in [0.15, 0.2) is 6.07 Å². The van der Waals surface area contributed by atoms with Crippen LogP contribution in [0.4, 0.5) is 11.8 Å². The van der Waals surface area contributed by atoms with E-state index in [1.165, 1.54) is 4.88 Å². The van der Waals surface area contributed by atoms with Gasteiger partial charge in [-0.3, -0.25) is 0 Å². The Morgan fingerprint density at radius 1 is 1.45 bits per heavy atom. The molecule has 1 aliphatic rings. The zero-order valence-corrected chi connectivity index (χ0v) is 12.9. The highest BCUT2D eigenvalue weighted by Gasteiger charge is 2.26. The number of thiophene rings is 1. The summed E-state index contributed by atoms with van der Waals surface area (Å²) in [6, 6.07) is 2.16. The lowest BCUT2D eigenvalue weighted by Crippen LogP contribution is -2.42. The molecular weight excluding hydrogens is 272 g/mol. The highest BCUT2D eigenvalue weighted by atomic mass is 32.1. The van der Waals surface area contributed by atoms with Gasteiger partial charge in [-0.05, 0) is 25.3 Å². The Hall–Kier alpha value is -1.40. The minimum atomic E-state index is -0.198.